The predicted octanol–water partition coefficient (Wildman–Crippen LogP) is 1.47. The summed E-state index contributed by atoms with van der Waals surface area (Å²) in [4.78, 5) is 20.4. The fourth-order valence-electron chi connectivity index (χ4n) is 3.12. The minimum atomic E-state index is -1.82. The molecule has 1 aliphatic rings. The fraction of sp³-hybridized carbons (Fsp3) is 0.524. The second-order valence-electron chi connectivity index (χ2n) is 6.81. The van der Waals surface area contributed by atoms with Crippen LogP contribution in [0, 0.1) is 0 Å². The molecule has 0 aromatic heterocycles. The van der Waals surface area contributed by atoms with Gasteiger partial charge in [-0.3, -0.25) is 4.90 Å². The van der Waals surface area contributed by atoms with Gasteiger partial charge in [0, 0.05) is 12.6 Å². The third kappa shape index (κ3) is 8.81. The number of aliphatic carboxylic acids is 2. The first-order valence-corrected chi connectivity index (χ1v) is 9.75. The van der Waals surface area contributed by atoms with E-state index in [0.717, 1.165) is 31.4 Å². The minimum Gasteiger partial charge on any atom is -0.493 e. The van der Waals surface area contributed by atoms with Gasteiger partial charge in [0.25, 0.3) is 0 Å². The zero-order valence-electron chi connectivity index (χ0n) is 17.4. The first kappa shape index (κ1) is 25.4. The third-order valence-corrected chi connectivity index (χ3v) is 4.57. The van der Waals surface area contributed by atoms with Crippen molar-refractivity contribution >= 4 is 18.0 Å². The molecule has 2 atom stereocenters. The lowest BCUT2D eigenvalue weighted by atomic mass is 10.0. The topological polar surface area (TPSA) is 137 Å². The molecule has 0 aliphatic carbocycles. The Labute approximate surface area is 176 Å². The zero-order valence-corrected chi connectivity index (χ0v) is 17.4. The number of carboxylic acids is 2. The summed E-state index contributed by atoms with van der Waals surface area (Å²) in [6.07, 6.45) is 6.61. The van der Waals surface area contributed by atoms with Gasteiger partial charge in [-0.25, -0.2) is 9.59 Å². The van der Waals surface area contributed by atoms with Gasteiger partial charge in [0.2, 0.25) is 0 Å². The smallest absolute Gasteiger partial charge is 0.414 e. The number of likely N-dealkylation sites (tertiary alicyclic amines) is 1. The van der Waals surface area contributed by atoms with Crippen molar-refractivity contribution in [1.82, 2.24) is 4.90 Å². The van der Waals surface area contributed by atoms with Gasteiger partial charge in [-0.1, -0.05) is 24.6 Å². The van der Waals surface area contributed by atoms with Gasteiger partial charge < -0.3 is 29.9 Å². The first-order valence-electron chi connectivity index (χ1n) is 9.75. The highest BCUT2D eigenvalue weighted by atomic mass is 16.5. The van der Waals surface area contributed by atoms with E-state index in [-0.39, 0.29) is 19.3 Å². The normalized spacial score (nSPS) is 17.7. The van der Waals surface area contributed by atoms with Crippen LogP contribution in [0.15, 0.2) is 24.3 Å². The van der Waals surface area contributed by atoms with Crippen molar-refractivity contribution in [3.63, 3.8) is 0 Å². The van der Waals surface area contributed by atoms with E-state index >= 15 is 0 Å². The number of aliphatic hydroxyl groups excluding tert-OH is 2. The van der Waals surface area contributed by atoms with E-state index in [1.165, 1.54) is 0 Å². The van der Waals surface area contributed by atoms with E-state index in [4.69, 9.17) is 29.3 Å². The minimum absolute atomic E-state index is 0.147. The van der Waals surface area contributed by atoms with Crippen LogP contribution in [0.3, 0.4) is 0 Å². The Hall–Kier alpha value is -2.62. The summed E-state index contributed by atoms with van der Waals surface area (Å²) in [7, 11) is 1.61. The first-order chi connectivity index (χ1) is 14.3. The van der Waals surface area contributed by atoms with Gasteiger partial charge in [-0.15, -0.1) is 0 Å². The number of β-amino-alcohol motifs (C(OH)–C–C–N with tert-alkyl or cyclic N) is 1. The maximum Gasteiger partial charge on any atom is 0.414 e. The number of nitrogens with zero attached hydrogens (tertiary/aromatic N) is 1. The van der Waals surface area contributed by atoms with Crippen molar-refractivity contribution in [3.05, 3.63) is 29.8 Å². The fourth-order valence-corrected chi connectivity index (χ4v) is 3.12. The average Bonchev–Trinajstić information content (AvgIpc) is 2.73. The molecular formula is C21H31NO8. The average molecular weight is 425 g/mol. The number of ether oxygens (including phenoxy) is 2. The lowest BCUT2D eigenvalue weighted by Gasteiger charge is -2.35. The SMILES string of the molecule is CC=Cc1ccc(OCC(O)CN2CCCCC2CO)c(OC)c1.O=C(O)C(=O)O. The molecule has 9 heteroatoms. The molecule has 1 heterocycles. The number of allylic oxidation sites excluding steroid dienone is 1. The number of rotatable bonds is 8. The van der Waals surface area contributed by atoms with Gasteiger partial charge in [-0.2, -0.15) is 0 Å². The van der Waals surface area contributed by atoms with Crippen LogP contribution >= 0.6 is 0 Å². The molecule has 1 saturated heterocycles. The van der Waals surface area contributed by atoms with Crippen LogP contribution in [0.25, 0.3) is 6.08 Å². The summed E-state index contributed by atoms with van der Waals surface area (Å²) in [6, 6.07) is 5.88. The van der Waals surface area contributed by atoms with Crippen LogP contribution in [0.1, 0.15) is 31.7 Å². The molecule has 1 aromatic rings. The molecule has 0 saturated carbocycles. The Kier molecular flexibility index (Phi) is 11.5. The van der Waals surface area contributed by atoms with E-state index < -0.39 is 18.0 Å². The summed E-state index contributed by atoms with van der Waals surface area (Å²) < 4.78 is 11.1. The van der Waals surface area contributed by atoms with Crippen molar-refractivity contribution in [1.29, 1.82) is 0 Å². The summed E-state index contributed by atoms with van der Waals surface area (Å²) in [6.45, 7) is 3.75. The highest BCUT2D eigenvalue weighted by Crippen LogP contribution is 2.28. The van der Waals surface area contributed by atoms with Crippen molar-refractivity contribution in [2.75, 3.05) is 33.4 Å². The number of carbonyl (C=O) groups is 2. The second-order valence-corrected chi connectivity index (χ2v) is 6.81. The van der Waals surface area contributed by atoms with Crippen molar-refractivity contribution < 1.29 is 39.5 Å². The van der Waals surface area contributed by atoms with Crippen molar-refractivity contribution in [2.45, 2.75) is 38.3 Å². The van der Waals surface area contributed by atoms with Crippen LogP contribution in [-0.4, -0.2) is 82.8 Å². The van der Waals surface area contributed by atoms with Crippen LogP contribution in [-0.2, 0) is 9.59 Å². The van der Waals surface area contributed by atoms with Gasteiger partial charge in [0.1, 0.15) is 12.7 Å². The molecule has 9 nitrogen and oxygen atoms in total. The molecule has 1 aromatic carbocycles. The largest absolute Gasteiger partial charge is 0.493 e. The van der Waals surface area contributed by atoms with Crippen molar-refractivity contribution in [2.24, 2.45) is 0 Å². The van der Waals surface area contributed by atoms with Gasteiger partial charge >= 0.3 is 11.9 Å². The molecule has 1 fully saturated rings. The highest BCUT2D eigenvalue weighted by Gasteiger charge is 2.24. The van der Waals surface area contributed by atoms with E-state index in [1.807, 2.05) is 37.3 Å². The molecule has 4 N–H and O–H groups in total. The molecule has 168 valence electrons. The lowest BCUT2D eigenvalue weighted by molar-refractivity contribution is -0.159. The molecule has 2 rings (SSSR count). The van der Waals surface area contributed by atoms with Crippen LogP contribution in [0.4, 0.5) is 0 Å². The molecule has 0 radical (unpaired) electrons. The lowest BCUT2D eigenvalue weighted by Crippen LogP contribution is -2.46. The standard InChI is InChI=1S/C19H29NO4.C2H2O4/c1-3-6-15-8-9-18(19(11-15)23-2)24-14-17(22)12-20-10-5-4-7-16(20)13-21;3-1(4)2(5)6/h3,6,8-9,11,16-17,21-22H,4-5,7,10,12-14H2,1-2H3;(H,3,4)(H,5,6). The molecule has 30 heavy (non-hydrogen) atoms. The highest BCUT2D eigenvalue weighted by molar-refractivity contribution is 6.27. The summed E-state index contributed by atoms with van der Waals surface area (Å²) in [5, 5.41) is 34.5. The Balaban J connectivity index is 0.000000656. The van der Waals surface area contributed by atoms with Crippen LogP contribution < -0.4 is 9.47 Å². The summed E-state index contributed by atoms with van der Waals surface area (Å²) >= 11 is 0. The molecule has 0 spiro atoms. The Morgan fingerprint density at radius 1 is 1.23 bits per heavy atom. The maximum atomic E-state index is 10.3. The Morgan fingerprint density at radius 2 is 1.93 bits per heavy atom. The molecule has 2 unspecified atom stereocenters. The van der Waals surface area contributed by atoms with Gasteiger partial charge in [0.05, 0.1) is 13.7 Å². The Bertz CT molecular complexity index is 694. The van der Waals surface area contributed by atoms with Crippen LogP contribution in [0.2, 0.25) is 0 Å². The number of piperidine rings is 1. The number of methoxy groups -OCH3 is 1. The molecule has 0 bridgehead atoms. The number of aliphatic hydroxyl groups is 2. The zero-order chi connectivity index (χ0) is 22.5. The predicted molar refractivity (Wildman–Crippen MR) is 111 cm³/mol. The van der Waals surface area contributed by atoms with E-state index in [1.54, 1.807) is 7.11 Å². The molecular weight excluding hydrogens is 394 g/mol. The number of carboxylic acid groups (broad SMARTS) is 2. The van der Waals surface area contributed by atoms with Gasteiger partial charge in [0.15, 0.2) is 11.5 Å². The number of benzene rings is 1. The number of hydrogen-bond acceptors (Lipinski definition) is 7. The quantitative estimate of drug-likeness (QED) is 0.456. The van der Waals surface area contributed by atoms with E-state index in [0.29, 0.717) is 18.0 Å². The summed E-state index contributed by atoms with van der Waals surface area (Å²) in [5.41, 5.74) is 1.04. The summed E-state index contributed by atoms with van der Waals surface area (Å²) in [5.74, 6) is -2.36. The van der Waals surface area contributed by atoms with E-state index in [2.05, 4.69) is 4.90 Å². The van der Waals surface area contributed by atoms with Crippen molar-refractivity contribution in [3.8, 4) is 11.5 Å². The maximum absolute atomic E-state index is 10.3. The molecule has 1 aliphatic heterocycles. The second kappa shape index (κ2) is 13.6. The van der Waals surface area contributed by atoms with Crippen LogP contribution in [0.5, 0.6) is 11.5 Å². The molecule has 0 amide bonds. The van der Waals surface area contributed by atoms with Gasteiger partial charge in [-0.05, 0) is 44.0 Å². The number of hydrogen-bond donors (Lipinski definition) is 4. The third-order valence-electron chi connectivity index (χ3n) is 4.57. The van der Waals surface area contributed by atoms with E-state index in [9.17, 15) is 10.2 Å². The Morgan fingerprint density at radius 3 is 2.50 bits per heavy atom. The monoisotopic (exact) mass is 425 g/mol.